The van der Waals surface area contributed by atoms with Crippen molar-refractivity contribution in [2.24, 2.45) is 0 Å². The van der Waals surface area contributed by atoms with Gasteiger partial charge in [-0.2, -0.15) is 10.5 Å². The molecule has 1 heterocycles. The van der Waals surface area contributed by atoms with Crippen molar-refractivity contribution >= 4 is 0 Å². The minimum absolute atomic E-state index is 0.274. The van der Waals surface area contributed by atoms with E-state index in [1.807, 2.05) is 60.7 Å². The zero-order valence-electron chi connectivity index (χ0n) is 13.5. The van der Waals surface area contributed by atoms with E-state index >= 15 is 0 Å². The Balaban J connectivity index is 1.79. The van der Waals surface area contributed by atoms with Gasteiger partial charge in [-0.05, 0) is 17.5 Å². The van der Waals surface area contributed by atoms with Gasteiger partial charge in [0.15, 0.2) is 0 Å². The van der Waals surface area contributed by atoms with Crippen molar-refractivity contribution in [3.05, 3.63) is 71.8 Å². The summed E-state index contributed by atoms with van der Waals surface area (Å²) in [4.78, 5) is 4.32. The molecule has 1 fully saturated rings. The van der Waals surface area contributed by atoms with Gasteiger partial charge in [0.25, 0.3) is 0 Å². The van der Waals surface area contributed by atoms with E-state index in [1.54, 1.807) is 0 Å². The summed E-state index contributed by atoms with van der Waals surface area (Å²) in [6.07, 6.45) is 0.954. The fourth-order valence-corrected chi connectivity index (χ4v) is 3.28. The molecule has 4 heteroatoms. The number of nitriles is 2. The molecule has 2 atom stereocenters. The van der Waals surface area contributed by atoms with Crippen LogP contribution in [0.25, 0.3) is 0 Å². The van der Waals surface area contributed by atoms with E-state index in [1.165, 1.54) is 0 Å². The topological polar surface area (TPSA) is 54.1 Å². The molecule has 0 radical (unpaired) electrons. The highest BCUT2D eigenvalue weighted by molar-refractivity contribution is 5.26. The number of nitrogens with zero attached hydrogens (tertiary/aromatic N) is 4. The molecule has 0 unspecified atom stereocenters. The third kappa shape index (κ3) is 3.46. The number of hydrogen-bond donors (Lipinski definition) is 0. The first-order valence-electron chi connectivity index (χ1n) is 8.20. The molecule has 1 aliphatic rings. The zero-order chi connectivity index (χ0) is 16.8. The Morgan fingerprint density at radius 3 is 1.50 bits per heavy atom. The van der Waals surface area contributed by atoms with Crippen LogP contribution in [0.5, 0.6) is 0 Å². The molecule has 0 N–H and O–H groups in total. The van der Waals surface area contributed by atoms with Gasteiger partial charge < -0.3 is 0 Å². The molecule has 0 amide bonds. The van der Waals surface area contributed by atoms with Gasteiger partial charge in [0.05, 0.1) is 18.8 Å². The summed E-state index contributed by atoms with van der Waals surface area (Å²) in [6.45, 7) is 2.37. The van der Waals surface area contributed by atoms with Crippen LogP contribution in [0.4, 0.5) is 0 Å². The third-order valence-electron chi connectivity index (χ3n) is 4.46. The molecule has 2 aromatic rings. The SMILES string of the molecule is N#C[C@@H](c1ccccc1)N1CCCN([C@@H](C#N)c2ccccc2)C1. The van der Waals surface area contributed by atoms with Crippen molar-refractivity contribution in [1.29, 1.82) is 10.5 Å². The van der Waals surface area contributed by atoms with Crippen LogP contribution < -0.4 is 0 Å². The zero-order valence-corrected chi connectivity index (χ0v) is 13.5. The van der Waals surface area contributed by atoms with Crippen molar-refractivity contribution in [3.63, 3.8) is 0 Å². The number of rotatable bonds is 4. The molecule has 120 valence electrons. The highest BCUT2D eigenvalue weighted by atomic mass is 15.4. The molecule has 0 spiro atoms. The second-order valence-electron chi connectivity index (χ2n) is 6.00. The maximum atomic E-state index is 9.66. The highest BCUT2D eigenvalue weighted by Gasteiger charge is 2.29. The number of hydrogen-bond acceptors (Lipinski definition) is 4. The summed E-state index contributed by atoms with van der Waals surface area (Å²) in [5, 5.41) is 19.3. The summed E-state index contributed by atoms with van der Waals surface area (Å²) < 4.78 is 0. The van der Waals surface area contributed by atoms with E-state index < -0.39 is 0 Å². The molecule has 2 aromatic carbocycles. The molecule has 0 saturated carbocycles. The first-order valence-corrected chi connectivity index (χ1v) is 8.20. The largest absolute Gasteiger partial charge is 0.271 e. The predicted molar refractivity (Wildman–Crippen MR) is 92.5 cm³/mol. The van der Waals surface area contributed by atoms with Gasteiger partial charge in [-0.3, -0.25) is 9.80 Å². The van der Waals surface area contributed by atoms with Gasteiger partial charge in [0, 0.05) is 13.1 Å². The lowest BCUT2D eigenvalue weighted by molar-refractivity contribution is 0.0514. The van der Waals surface area contributed by atoms with Crippen LogP contribution >= 0.6 is 0 Å². The molecular weight excluding hydrogens is 296 g/mol. The van der Waals surface area contributed by atoms with Gasteiger partial charge in [-0.15, -0.1) is 0 Å². The van der Waals surface area contributed by atoms with E-state index in [4.69, 9.17) is 0 Å². The average Bonchev–Trinajstić information content (AvgIpc) is 2.65. The van der Waals surface area contributed by atoms with Crippen LogP contribution in [0.2, 0.25) is 0 Å². The summed E-state index contributed by atoms with van der Waals surface area (Å²) in [6, 6.07) is 24.0. The van der Waals surface area contributed by atoms with Gasteiger partial charge in [-0.1, -0.05) is 60.7 Å². The fraction of sp³-hybridized carbons (Fsp3) is 0.300. The lowest BCUT2D eigenvalue weighted by atomic mass is 10.0. The molecule has 0 aromatic heterocycles. The molecule has 0 bridgehead atoms. The van der Waals surface area contributed by atoms with Crippen LogP contribution in [0.3, 0.4) is 0 Å². The molecule has 1 aliphatic heterocycles. The van der Waals surface area contributed by atoms with E-state index in [2.05, 4.69) is 21.9 Å². The second kappa shape index (κ2) is 7.75. The minimum Gasteiger partial charge on any atom is -0.271 e. The minimum atomic E-state index is -0.274. The lowest BCUT2D eigenvalue weighted by Gasteiger charge is -2.39. The van der Waals surface area contributed by atoms with Crippen LogP contribution in [0.15, 0.2) is 60.7 Å². The first kappa shape index (κ1) is 16.2. The molecule has 4 nitrogen and oxygen atoms in total. The maximum absolute atomic E-state index is 9.66. The summed E-state index contributed by atoms with van der Waals surface area (Å²) in [7, 11) is 0. The summed E-state index contributed by atoms with van der Waals surface area (Å²) in [5.41, 5.74) is 2.02. The average molecular weight is 316 g/mol. The smallest absolute Gasteiger partial charge is 0.124 e. The van der Waals surface area contributed by atoms with Crippen LogP contribution in [0, 0.1) is 22.7 Å². The van der Waals surface area contributed by atoms with Crippen molar-refractivity contribution in [2.75, 3.05) is 19.8 Å². The molecule has 1 saturated heterocycles. The Morgan fingerprint density at radius 2 is 1.12 bits per heavy atom. The molecule has 0 aliphatic carbocycles. The van der Waals surface area contributed by atoms with Crippen molar-refractivity contribution in [3.8, 4) is 12.1 Å². The van der Waals surface area contributed by atoms with E-state index in [0.717, 1.165) is 30.6 Å². The standard InChI is InChI=1S/C20H20N4/c21-14-19(17-8-3-1-4-9-17)23-12-7-13-24(16-23)20(15-22)18-10-5-2-6-11-18/h1-6,8-11,19-20H,7,12-13,16H2/t19-,20-/m0/s1. The molecule has 24 heavy (non-hydrogen) atoms. The normalized spacial score (nSPS) is 18.2. The predicted octanol–water partition coefficient (Wildman–Crippen LogP) is 3.48. The number of benzene rings is 2. The van der Waals surface area contributed by atoms with E-state index in [0.29, 0.717) is 6.67 Å². The van der Waals surface area contributed by atoms with E-state index in [9.17, 15) is 10.5 Å². The van der Waals surface area contributed by atoms with E-state index in [-0.39, 0.29) is 12.1 Å². The first-order chi connectivity index (χ1) is 11.8. The Labute approximate surface area is 143 Å². The van der Waals surface area contributed by atoms with Crippen molar-refractivity contribution in [1.82, 2.24) is 9.80 Å². The molecular formula is C20H20N4. The fourth-order valence-electron chi connectivity index (χ4n) is 3.28. The van der Waals surface area contributed by atoms with Gasteiger partial charge in [0.1, 0.15) is 12.1 Å². The Kier molecular flexibility index (Phi) is 5.23. The quantitative estimate of drug-likeness (QED) is 0.866. The lowest BCUT2D eigenvalue weighted by Crippen LogP contribution is -2.47. The Hall–Kier alpha value is -2.66. The second-order valence-corrected chi connectivity index (χ2v) is 6.00. The molecule has 3 rings (SSSR count). The maximum Gasteiger partial charge on any atom is 0.124 e. The summed E-state index contributed by atoms with van der Waals surface area (Å²) >= 11 is 0. The third-order valence-corrected chi connectivity index (χ3v) is 4.46. The Morgan fingerprint density at radius 1 is 0.708 bits per heavy atom. The van der Waals surface area contributed by atoms with Crippen LogP contribution in [0.1, 0.15) is 29.6 Å². The van der Waals surface area contributed by atoms with Gasteiger partial charge in [0.2, 0.25) is 0 Å². The Bertz CT molecular complexity index is 666. The summed E-state index contributed by atoms with van der Waals surface area (Å²) in [5.74, 6) is 0. The van der Waals surface area contributed by atoms with Gasteiger partial charge in [-0.25, -0.2) is 0 Å². The monoisotopic (exact) mass is 316 g/mol. The van der Waals surface area contributed by atoms with Crippen molar-refractivity contribution < 1.29 is 0 Å². The highest BCUT2D eigenvalue weighted by Crippen LogP contribution is 2.27. The van der Waals surface area contributed by atoms with Crippen LogP contribution in [-0.2, 0) is 0 Å². The van der Waals surface area contributed by atoms with Crippen molar-refractivity contribution in [2.45, 2.75) is 18.5 Å². The van der Waals surface area contributed by atoms with Crippen LogP contribution in [-0.4, -0.2) is 29.6 Å². The van der Waals surface area contributed by atoms with Gasteiger partial charge >= 0.3 is 0 Å².